The van der Waals surface area contributed by atoms with Gasteiger partial charge in [-0.25, -0.2) is 4.79 Å². The van der Waals surface area contributed by atoms with Crippen LogP contribution in [0.15, 0.2) is 104 Å². The lowest BCUT2D eigenvalue weighted by atomic mass is 10.2. The Morgan fingerprint density at radius 1 is 0.861 bits per heavy atom. The summed E-state index contributed by atoms with van der Waals surface area (Å²) >= 11 is 0. The Morgan fingerprint density at radius 2 is 1.39 bits per heavy atom. The number of hydrogen-bond acceptors (Lipinski definition) is 3. The molecule has 2 aliphatic heterocycles. The van der Waals surface area contributed by atoms with Crippen LogP contribution in [0, 0.1) is 0 Å². The molecule has 36 heavy (non-hydrogen) atoms. The third-order valence-corrected chi connectivity index (χ3v) is 12.1. The van der Waals surface area contributed by atoms with Gasteiger partial charge in [0.05, 0.1) is 6.04 Å². The van der Waals surface area contributed by atoms with E-state index in [2.05, 4.69) is 79.4 Å². The van der Waals surface area contributed by atoms with Gasteiger partial charge in [0, 0.05) is 26.1 Å². The molecule has 2 saturated heterocycles. The van der Waals surface area contributed by atoms with E-state index < -0.39 is 7.26 Å². The van der Waals surface area contributed by atoms with Crippen molar-refractivity contribution >= 4 is 35.2 Å². The highest BCUT2D eigenvalue weighted by Gasteiger charge is 2.59. The number of hydrogen-bond donors (Lipinski definition) is 0. The highest BCUT2D eigenvalue weighted by atomic mass is 31.2. The zero-order chi connectivity index (χ0) is 25.0. The van der Waals surface area contributed by atoms with Crippen molar-refractivity contribution in [1.82, 2.24) is 9.80 Å². The van der Waals surface area contributed by atoms with Gasteiger partial charge in [-0.05, 0) is 42.8 Å². The quantitative estimate of drug-likeness (QED) is 0.365. The fraction of sp³-hybridized carbons (Fsp3) is 0.267. The maximum atomic E-state index is 14.3. The van der Waals surface area contributed by atoms with E-state index in [0.717, 1.165) is 12.8 Å². The van der Waals surface area contributed by atoms with Crippen LogP contribution in [0.2, 0.25) is 0 Å². The second-order valence-electron chi connectivity index (χ2n) is 9.32. The molecule has 2 amide bonds. The van der Waals surface area contributed by atoms with Crippen molar-refractivity contribution in [3.63, 3.8) is 0 Å². The lowest BCUT2D eigenvalue weighted by Crippen LogP contribution is -2.45. The minimum Gasteiger partial charge on any atom is -0.445 e. The van der Waals surface area contributed by atoms with Crippen molar-refractivity contribution in [3.05, 3.63) is 104 Å². The summed E-state index contributed by atoms with van der Waals surface area (Å²) in [7, 11) is -2.29. The lowest BCUT2D eigenvalue weighted by Gasteiger charge is -2.32. The van der Waals surface area contributed by atoms with Gasteiger partial charge in [-0.2, -0.15) is 0 Å². The standard InChI is InChI=1S/C30H32N2O3P/c1-2-22-35-30(34)31-20-18-24(23-31)32-21-19-28(29(32)33)36(25-12-6-3-7-13-25,26-14-8-4-9-15-26)27-16-10-5-11-17-27/h2-17,24,28H,1,18-23H2/q+1. The van der Waals surface area contributed by atoms with Crippen molar-refractivity contribution in [2.24, 2.45) is 0 Å². The molecular formula is C30H32N2O3P+. The Labute approximate surface area is 213 Å². The molecule has 2 unspecified atom stereocenters. The van der Waals surface area contributed by atoms with Crippen LogP contribution in [-0.4, -0.2) is 59.7 Å². The van der Waals surface area contributed by atoms with Crippen LogP contribution < -0.4 is 15.9 Å². The predicted octanol–water partition coefficient (Wildman–Crippen LogP) is 3.98. The fourth-order valence-electron chi connectivity index (χ4n) is 5.77. The number of likely N-dealkylation sites (tertiary alicyclic amines) is 2. The van der Waals surface area contributed by atoms with Gasteiger partial charge in [0.2, 0.25) is 0 Å². The summed E-state index contributed by atoms with van der Waals surface area (Å²) in [6, 6.07) is 31.8. The van der Waals surface area contributed by atoms with E-state index >= 15 is 0 Å². The first-order chi connectivity index (χ1) is 17.7. The van der Waals surface area contributed by atoms with Gasteiger partial charge in [-0.3, -0.25) is 4.79 Å². The van der Waals surface area contributed by atoms with Crippen LogP contribution >= 0.6 is 7.26 Å². The van der Waals surface area contributed by atoms with E-state index in [-0.39, 0.29) is 30.3 Å². The van der Waals surface area contributed by atoms with E-state index in [0.29, 0.717) is 19.6 Å². The molecule has 0 N–H and O–H groups in total. The molecule has 184 valence electrons. The van der Waals surface area contributed by atoms with Gasteiger partial charge in [0.1, 0.15) is 29.8 Å². The second-order valence-corrected chi connectivity index (χ2v) is 12.9. The summed E-state index contributed by atoms with van der Waals surface area (Å²) in [4.78, 5) is 30.4. The SMILES string of the molecule is C=CCOC(=O)N1CCC(N2CCC([P+](c3ccccc3)(c3ccccc3)c3ccccc3)C2=O)C1. The first-order valence-corrected chi connectivity index (χ1v) is 14.4. The monoisotopic (exact) mass is 499 g/mol. The molecule has 6 heteroatoms. The Hall–Kier alpha value is -3.43. The normalized spacial score (nSPS) is 19.9. The first kappa shape index (κ1) is 24.3. The summed E-state index contributed by atoms with van der Waals surface area (Å²) in [5.74, 6) is 0.200. The Kier molecular flexibility index (Phi) is 7.20. The third-order valence-electron chi connectivity index (χ3n) is 7.36. The molecule has 2 heterocycles. The molecule has 5 rings (SSSR count). The van der Waals surface area contributed by atoms with Crippen molar-refractivity contribution in [3.8, 4) is 0 Å². The highest BCUT2D eigenvalue weighted by molar-refractivity contribution is 7.96. The molecule has 3 aromatic rings. The first-order valence-electron chi connectivity index (χ1n) is 12.5. The number of ether oxygens (including phenoxy) is 1. The molecule has 5 nitrogen and oxygen atoms in total. The smallest absolute Gasteiger partial charge is 0.410 e. The van der Waals surface area contributed by atoms with Crippen molar-refractivity contribution in [1.29, 1.82) is 0 Å². The topological polar surface area (TPSA) is 49.9 Å². The van der Waals surface area contributed by atoms with Gasteiger partial charge < -0.3 is 14.5 Å². The molecule has 0 saturated carbocycles. The summed E-state index contributed by atoms with van der Waals surface area (Å²) in [6.07, 6.45) is 2.80. The van der Waals surface area contributed by atoms with Crippen molar-refractivity contribution in [2.75, 3.05) is 26.2 Å². The van der Waals surface area contributed by atoms with Crippen LogP contribution in [0.25, 0.3) is 0 Å². The molecule has 0 spiro atoms. The molecule has 3 aromatic carbocycles. The maximum absolute atomic E-state index is 14.3. The number of carbonyl (C=O) groups is 2. The fourth-order valence-corrected chi connectivity index (χ4v) is 10.7. The summed E-state index contributed by atoms with van der Waals surface area (Å²) in [5, 5.41) is 3.68. The number of carbonyl (C=O) groups excluding carboxylic acids is 2. The number of rotatable bonds is 7. The zero-order valence-corrected chi connectivity index (χ0v) is 21.3. The molecule has 0 aromatic heterocycles. The minimum atomic E-state index is -2.29. The molecule has 2 fully saturated rings. The minimum absolute atomic E-state index is 0.0167. The van der Waals surface area contributed by atoms with Gasteiger partial charge in [0.15, 0.2) is 5.66 Å². The average molecular weight is 500 g/mol. The van der Waals surface area contributed by atoms with Crippen LogP contribution in [0.5, 0.6) is 0 Å². The zero-order valence-electron chi connectivity index (χ0n) is 20.4. The molecule has 0 aliphatic carbocycles. The van der Waals surface area contributed by atoms with Crippen LogP contribution in [0.1, 0.15) is 12.8 Å². The molecule has 2 aliphatic rings. The summed E-state index contributed by atoms with van der Waals surface area (Å²) < 4.78 is 5.23. The van der Waals surface area contributed by atoms with E-state index in [1.165, 1.54) is 15.9 Å². The highest BCUT2D eigenvalue weighted by Crippen LogP contribution is 2.62. The third kappa shape index (κ3) is 4.33. The number of benzene rings is 3. The van der Waals surface area contributed by atoms with Crippen LogP contribution in [-0.2, 0) is 9.53 Å². The van der Waals surface area contributed by atoms with Gasteiger partial charge in [-0.1, -0.05) is 67.3 Å². The van der Waals surface area contributed by atoms with Crippen LogP contribution in [0.4, 0.5) is 4.79 Å². The number of nitrogens with zero attached hydrogens (tertiary/aromatic N) is 2. The lowest BCUT2D eigenvalue weighted by molar-refractivity contribution is -0.129. The Bertz CT molecular complexity index is 1110. The average Bonchev–Trinajstić information content (AvgIpc) is 3.57. The van der Waals surface area contributed by atoms with Crippen molar-refractivity contribution < 1.29 is 14.3 Å². The van der Waals surface area contributed by atoms with Gasteiger partial charge >= 0.3 is 6.09 Å². The summed E-state index contributed by atoms with van der Waals surface area (Å²) in [6.45, 7) is 5.63. The van der Waals surface area contributed by atoms with E-state index in [1.807, 2.05) is 23.1 Å². The number of amides is 2. The van der Waals surface area contributed by atoms with E-state index in [1.54, 1.807) is 11.0 Å². The second kappa shape index (κ2) is 10.7. The molecule has 2 atom stereocenters. The largest absolute Gasteiger partial charge is 0.445 e. The van der Waals surface area contributed by atoms with Gasteiger partial charge in [0.25, 0.3) is 5.91 Å². The molecular weight excluding hydrogens is 467 g/mol. The van der Waals surface area contributed by atoms with Crippen LogP contribution in [0.3, 0.4) is 0 Å². The Morgan fingerprint density at radius 3 is 1.89 bits per heavy atom. The molecule has 0 radical (unpaired) electrons. The maximum Gasteiger partial charge on any atom is 0.410 e. The molecule has 0 bridgehead atoms. The van der Waals surface area contributed by atoms with Crippen molar-refractivity contribution in [2.45, 2.75) is 24.5 Å². The predicted molar refractivity (Wildman–Crippen MR) is 147 cm³/mol. The summed E-state index contributed by atoms with van der Waals surface area (Å²) in [5.41, 5.74) is -0.147. The Balaban J connectivity index is 1.53. The van der Waals surface area contributed by atoms with Gasteiger partial charge in [-0.15, -0.1) is 0 Å². The van der Waals surface area contributed by atoms with E-state index in [9.17, 15) is 9.59 Å². The van der Waals surface area contributed by atoms with E-state index in [4.69, 9.17) is 4.74 Å².